The fourth-order valence-electron chi connectivity index (χ4n) is 1.49. The summed E-state index contributed by atoms with van der Waals surface area (Å²) in [4.78, 5) is 13.7. The first-order valence-electron chi connectivity index (χ1n) is 5.50. The molecule has 1 rings (SSSR count). The van der Waals surface area contributed by atoms with Crippen molar-refractivity contribution in [3.8, 4) is 0 Å². The van der Waals surface area contributed by atoms with Gasteiger partial charge >= 0.3 is 6.09 Å². The number of amides is 1. The lowest BCUT2D eigenvalue weighted by molar-refractivity contribution is -0.0567. The van der Waals surface area contributed by atoms with Crippen molar-refractivity contribution >= 4 is 22.0 Å². The lowest BCUT2D eigenvalue weighted by Gasteiger charge is -2.38. The Morgan fingerprint density at radius 2 is 2.19 bits per heavy atom. The maximum Gasteiger partial charge on any atom is 0.410 e. The van der Waals surface area contributed by atoms with Gasteiger partial charge in [0.25, 0.3) is 0 Å². The molecular weight excluding hydrogens is 274 g/mol. The molecular formula is C11H20BrNO3. The molecule has 16 heavy (non-hydrogen) atoms. The number of halogens is 1. The average molecular weight is 294 g/mol. The monoisotopic (exact) mass is 293 g/mol. The Kier molecular flexibility index (Phi) is 4.62. The molecule has 5 heteroatoms. The van der Waals surface area contributed by atoms with E-state index in [1.54, 1.807) is 4.90 Å². The summed E-state index contributed by atoms with van der Waals surface area (Å²) in [6.07, 6.45) is -0.196. The predicted molar refractivity (Wildman–Crippen MR) is 65.9 cm³/mol. The van der Waals surface area contributed by atoms with Crippen LogP contribution >= 0.6 is 15.9 Å². The van der Waals surface area contributed by atoms with Crippen LogP contribution in [-0.4, -0.2) is 47.2 Å². The van der Waals surface area contributed by atoms with E-state index in [-0.39, 0.29) is 18.2 Å². The van der Waals surface area contributed by atoms with E-state index in [1.807, 2.05) is 27.7 Å². The highest BCUT2D eigenvalue weighted by atomic mass is 79.9. The molecule has 0 aliphatic carbocycles. The van der Waals surface area contributed by atoms with E-state index >= 15 is 0 Å². The summed E-state index contributed by atoms with van der Waals surface area (Å²) in [7, 11) is 0. The molecule has 1 saturated heterocycles. The van der Waals surface area contributed by atoms with Crippen molar-refractivity contribution in [2.24, 2.45) is 0 Å². The molecule has 0 aromatic heterocycles. The van der Waals surface area contributed by atoms with Crippen LogP contribution in [0.5, 0.6) is 0 Å². The Morgan fingerprint density at radius 1 is 1.56 bits per heavy atom. The second-order valence-corrected chi connectivity index (χ2v) is 5.74. The first-order chi connectivity index (χ1) is 7.33. The molecule has 0 aromatic rings. The van der Waals surface area contributed by atoms with Crippen molar-refractivity contribution in [3.63, 3.8) is 0 Å². The van der Waals surface area contributed by atoms with E-state index in [1.165, 1.54) is 0 Å². The van der Waals surface area contributed by atoms with Crippen LogP contribution in [0.3, 0.4) is 0 Å². The number of hydrogen-bond acceptors (Lipinski definition) is 3. The molecule has 0 bridgehead atoms. The largest absolute Gasteiger partial charge is 0.444 e. The summed E-state index contributed by atoms with van der Waals surface area (Å²) in [6.45, 7) is 8.74. The van der Waals surface area contributed by atoms with Gasteiger partial charge in [-0.25, -0.2) is 4.79 Å². The zero-order valence-electron chi connectivity index (χ0n) is 10.3. The van der Waals surface area contributed by atoms with Crippen molar-refractivity contribution in [2.45, 2.75) is 45.4 Å². The fraction of sp³-hybridized carbons (Fsp3) is 0.909. The number of hydrogen-bond donors (Lipinski definition) is 0. The Labute approximate surface area is 105 Å². The van der Waals surface area contributed by atoms with Gasteiger partial charge in [0.05, 0.1) is 25.3 Å². The lowest BCUT2D eigenvalue weighted by Crippen LogP contribution is -2.52. The first kappa shape index (κ1) is 13.8. The van der Waals surface area contributed by atoms with Gasteiger partial charge in [-0.05, 0) is 27.7 Å². The average Bonchev–Trinajstić information content (AvgIpc) is 2.15. The topological polar surface area (TPSA) is 38.8 Å². The number of morpholine rings is 1. The summed E-state index contributed by atoms with van der Waals surface area (Å²) in [5.41, 5.74) is -0.445. The standard InChI is InChI=1S/C11H20BrNO3/c1-8-7-15-9(5-12)6-13(8)10(14)16-11(2,3)4/h8-9H,5-7H2,1-4H3/t8-,9-/m1/s1. The Hall–Kier alpha value is -0.290. The van der Waals surface area contributed by atoms with E-state index < -0.39 is 5.60 Å². The van der Waals surface area contributed by atoms with Crippen LogP contribution < -0.4 is 0 Å². The quantitative estimate of drug-likeness (QED) is 0.697. The predicted octanol–water partition coefficient (Wildman–Crippen LogP) is 2.41. The Bertz CT molecular complexity index is 252. The molecule has 1 amide bonds. The molecule has 0 aromatic carbocycles. The molecule has 1 aliphatic rings. The van der Waals surface area contributed by atoms with Gasteiger partial charge in [0.2, 0.25) is 0 Å². The zero-order valence-corrected chi connectivity index (χ0v) is 11.9. The van der Waals surface area contributed by atoms with Gasteiger partial charge in [-0.3, -0.25) is 0 Å². The van der Waals surface area contributed by atoms with Gasteiger partial charge in [-0.1, -0.05) is 15.9 Å². The number of nitrogens with zero attached hydrogens (tertiary/aromatic N) is 1. The molecule has 4 nitrogen and oxygen atoms in total. The normalized spacial score (nSPS) is 26.7. The third-order valence-corrected chi connectivity index (χ3v) is 3.03. The van der Waals surface area contributed by atoms with Crippen LogP contribution in [0.4, 0.5) is 4.79 Å². The molecule has 0 radical (unpaired) electrons. The number of rotatable bonds is 1. The van der Waals surface area contributed by atoms with Crippen LogP contribution in [0, 0.1) is 0 Å². The highest BCUT2D eigenvalue weighted by Gasteiger charge is 2.32. The molecule has 94 valence electrons. The van der Waals surface area contributed by atoms with Crippen LogP contribution in [0.15, 0.2) is 0 Å². The summed E-state index contributed by atoms with van der Waals surface area (Å²) in [6, 6.07) is 0.0742. The van der Waals surface area contributed by atoms with Gasteiger partial charge < -0.3 is 14.4 Å². The smallest absolute Gasteiger partial charge is 0.410 e. The van der Waals surface area contributed by atoms with Crippen LogP contribution in [0.1, 0.15) is 27.7 Å². The fourth-order valence-corrected chi connectivity index (χ4v) is 1.88. The molecule has 0 N–H and O–H groups in total. The SMILES string of the molecule is C[C@@H]1CO[C@H](CBr)CN1C(=O)OC(C)(C)C. The zero-order chi connectivity index (χ0) is 12.3. The van der Waals surface area contributed by atoms with E-state index in [9.17, 15) is 4.79 Å². The van der Waals surface area contributed by atoms with Gasteiger partial charge in [0.1, 0.15) is 5.60 Å². The number of ether oxygens (including phenoxy) is 2. The van der Waals surface area contributed by atoms with Crippen molar-refractivity contribution in [1.29, 1.82) is 0 Å². The van der Waals surface area contributed by atoms with E-state index in [0.29, 0.717) is 13.2 Å². The molecule has 0 unspecified atom stereocenters. The van der Waals surface area contributed by atoms with Gasteiger partial charge in [0, 0.05) is 5.33 Å². The van der Waals surface area contributed by atoms with Crippen molar-refractivity contribution in [3.05, 3.63) is 0 Å². The minimum Gasteiger partial charge on any atom is -0.444 e. The number of carbonyl (C=O) groups excluding carboxylic acids is 1. The van der Waals surface area contributed by atoms with E-state index in [4.69, 9.17) is 9.47 Å². The second-order valence-electron chi connectivity index (χ2n) is 5.09. The lowest BCUT2D eigenvalue weighted by atomic mass is 10.2. The minimum absolute atomic E-state index is 0.0590. The number of carbonyl (C=O) groups is 1. The molecule has 0 spiro atoms. The molecule has 1 heterocycles. The first-order valence-corrected chi connectivity index (χ1v) is 6.63. The Morgan fingerprint density at radius 3 is 2.69 bits per heavy atom. The summed E-state index contributed by atoms with van der Waals surface area (Å²) >= 11 is 3.37. The van der Waals surface area contributed by atoms with Gasteiger partial charge in [0.15, 0.2) is 0 Å². The number of alkyl halides is 1. The molecule has 0 saturated carbocycles. The molecule has 1 aliphatic heterocycles. The van der Waals surface area contributed by atoms with Crippen molar-refractivity contribution < 1.29 is 14.3 Å². The van der Waals surface area contributed by atoms with Crippen LogP contribution in [0.25, 0.3) is 0 Å². The molecule has 1 fully saturated rings. The van der Waals surface area contributed by atoms with Gasteiger partial charge in [-0.15, -0.1) is 0 Å². The maximum atomic E-state index is 11.9. The third-order valence-electron chi connectivity index (χ3n) is 2.31. The van der Waals surface area contributed by atoms with Crippen molar-refractivity contribution in [1.82, 2.24) is 4.90 Å². The summed E-state index contributed by atoms with van der Waals surface area (Å²) < 4.78 is 10.9. The van der Waals surface area contributed by atoms with Crippen LogP contribution in [-0.2, 0) is 9.47 Å². The minimum atomic E-state index is -0.445. The summed E-state index contributed by atoms with van der Waals surface area (Å²) in [5.74, 6) is 0. The maximum absolute atomic E-state index is 11.9. The highest BCUT2D eigenvalue weighted by molar-refractivity contribution is 9.09. The van der Waals surface area contributed by atoms with Gasteiger partial charge in [-0.2, -0.15) is 0 Å². The third kappa shape index (κ3) is 3.94. The Balaban J connectivity index is 2.59. The summed E-state index contributed by atoms with van der Waals surface area (Å²) in [5, 5.41) is 0.735. The van der Waals surface area contributed by atoms with E-state index in [2.05, 4.69) is 15.9 Å². The van der Waals surface area contributed by atoms with Crippen LogP contribution in [0.2, 0.25) is 0 Å². The van der Waals surface area contributed by atoms with Crippen molar-refractivity contribution in [2.75, 3.05) is 18.5 Å². The van der Waals surface area contributed by atoms with E-state index in [0.717, 1.165) is 5.33 Å². The second kappa shape index (κ2) is 5.36. The molecule has 2 atom stereocenters. The highest BCUT2D eigenvalue weighted by Crippen LogP contribution is 2.17.